The lowest BCUT2D eigenvalue weighted by molar-refractivity contribution is -0.940. The van der Waals surface area contributed by atoms with Crippen molar-refractivity contribution in [2.24, 2.45) is 0 Å². The van der Waals surface area contributed by atoms with E-state index in [2.05, 4.69) is 110 Å². The molecule has 4 aromatic carbocycles. The quantitative estimate of drug-likeness (QED) is 0.0182. The molecule has 0 aromatic heterocycles. The van der Waals surface area contributed by atoms with Crippen LogP contribution in [0.5, 0.6) is 46.0 Å². The van der Waals surface area contributed by atoms with Gasteiger partial charge in [-0.1, -0.05) is 37.4 Å². The van der Waals surface area contributed by atoms with Gasteiger partial charge in [0, 0.05) is 71.0 Å². The predicted octanol–water partition coefficient (Wildman–Crippen LogP) is 6.84. The van der Waals surface area contributed by atoms with Crippen LogP contribution in [0.4, 0.5) is 0 Å². The summed E-state index contributed by atoms with van der Waals surface area (Å²) in [7, 11) is 8.63. The zero-order valence-corrected chi connectivity index (χ0v) is 54.9. The van der Waals surface area contributed by atoms with Crippen molar-refractivity contribution in [3.05, 3.63) is 94.0 Å². The first kappa shape index (κ1) is 73.5. The van der Waals surface area contributed by atoms with Crippen molar-refractivity contribution >= 4 is 57.4 Å². The van der Waals surface area contributed by atoms with Gasteiger partial charge in [0.05, 0.1) is 123 Å². The van der Waals surface area contributed by atoms with E-state index < -0.39 is 20.2 Å². The smallest absolute Gasteiger partial charge is 0.311 e. The second-order valence-corrected chi connectivity index (χ2v) is 23.0. The molecule has 0 unspecified atom stereocenters. The highest BCUT2D eigenvalue weighted by Gasteiger charge is 2.42. The summed E-state index contributed by atoms with van der Waals surface area (Å²) in [5, 5.41) is 7.04. The SMILES string of the molecule is COc1ccc(C[C@@H]2c3cc(OC)c(OC)cc3CC[N@+]2(C)CCC(=O)OCCCCCOC(=O)CC[N@@+]2(C)CCc3cc(OC)c(OC)cc3[C@H]2Cc2ccc(OC)c(OC)c2)cc1OC.O=S(=O)([O-])C#CC#CC#CS.O=S(=O)([O-])C#CC#CC#CS. The Morgan fingerprint density at radius 3 is 1.12 bits per heavy atom. The average Bonchev–Trinajstić information content (AvgIpc) is 0.852. The molecule has 89 heavy (non-hydrogen) atoms. The number of nitrogens with zero attached hydrogens (tertiary/aromatic N) is 2. The summed E-state index contributed by atoms with van der Waals surface area (Å²) in [6, 6.07) is 20.5. The zero-order valence-electron chi connectivity index (χ0n) is 51.5. The number of methoxy groups -OCH3 is 8. The van der Waals surface area contributed by atoms with Gasteiger partial charge in [-0.15, -0.1) is 0 Å². The fraction of sp³-hybridized carbons (Fsp3) is 0.415. The molecule has 0 amide bonds. The molecule has 24 heteroatoms. The number of fused-ring (bicyclic) bond motifs is 2. The summed E-state index contributed by atoms with van der Waals surface area (Å²) in [6.07, 6.45) is 5.85. The summed E-state index contributed by atoms with van der Waals surface area (Å²) >= 11 is 6.98. The van der Waals surface area contributed by atoms with Crippen molar-refractivity contribution in [2.45, 2.75) is 69.9 Å². The van der Waals surface area contributed by atoms with Crippen LogP contribution in [0.2, 0.25) is 0 Å². The van der Waals surface area contributed by atoms with E-state index in [-0.39, 0.29) is 24.0 Å². The van der Waals surface area contributed by atoms with Gasteiger partial charge in [0.1, 0.15) is 12.1 Å². The molecule has 2 heterocycles. The second-order valence-electron chi connectivity index (χ2n) is 20.3. The average molecular weight is 1300 g/mol. The molecule has 20 nitrogen and oxygen atoms in total. The normalized spacial score (nSPS) is 16.6. The first-order valence-electron chi connectivity index (χ1n) is 27.6. The fourth-order valence-electron chi connectivity index (χ4n) is 10.3. The third-order valence-electron chi connectivity index (χ3n) is 14.9. The number of esters is 2. The molecule has 0 bridgehead atoms. The molecule has 6 rings (SSSR count). The maximum absolute atomic E-state index is 13.2. The number of benzene rings is 4. The topological polar surface area (TPSA) is 241 Å². The molecule has 0 saturated heterocycles. The van der Waals surface area contributed by atoms with Gasteiger partial charge in [0.15, 0.2) is 66.2 Å². The van der Waals surface area contributed by atoms with Crippen LogP contribution in [0, 0.1) is 68.4 Å². The van der Waals surface area contributed by atoms with E-state index >= 15 is 0 Å². The van der Waals surface area contributed by atoms with Crippen molar-refractivity contribution in [1.82, 2.24) is 0 Å². The summed E-state index contributed by atoms with van der Waals surface area (Å²) in [4.78, 5) is 26.4. The lowest BCUT2D eigenvalue weighted by Crippen LogP contribution is -2.53. The monoisotopic (exact) mass is 1300 g/mol. The lowest BCUT2D eigenvalue weighted by atomic mass is 9.86. The molecule has 0 N–H and O–H groups in total. The minimum absolute atomic E-state index is 0.0393. The van der Waals surface area contributed by atoms with Crippen LogP contribution >= 0.6 is 25.3 Å². The molecular weight excluding hydrogens is 1220 g/mol. The van der Waals surface area contributed by atoms with Gasteiger partial charge in [-0.25, -0.2) is 16.8 Å². The molecule has 4 atom stereocenters. The molecule has 0 spiro atoms. The van der Waals surface area contributed by atoms with Gasteiger partial charge in [-0.05, 0) is 124 Å². The molecule has 0 aliphatic carbocycles. The Kier molecular flexibility index (Phi) is 30.1. The Morgan fingerprint density at radius 2 is 0.798 bits per heavy atom. The van der Waals surface area contributed by atoms with E-state index in [9.17, 15) is 35.5 Å². The van der Waals surface area contributed by atoms with Crippen LogP contribution in [0.3, 0.4) is 0 Å². The highest BCUT2D eigenvalue weighted by molar-refractivity contribution is 7.90. The van der Waals surface area contributed by atoms with Crippen molar-refractivity contribution in [2.75, 3.05) is 110 Å². The highest BCUT2D eigenvalue weighted by atomic mass is 32.2. The Balaban J connectivity index is 0.000000649. The van der Waals surface area contributed by atoms with Crippen LogP contribution < -0.4 is 37.9 Å². The Morgan fingerprint density at radius 1 is 0.472 bits per heavy atom. The Hall–Kier alpha value is -7.98. The minimum atomic E-state index is -4.49. The number of carbonyl (C=O) groups excluding carboxylic acids is 2. The fourth-order valence-corrected chi connectivity index (χ4v) is 10.7. The zero-order chi connectivity index (χ0) is 65.6. The van der Waals surface area contributed by atoms with Gasteiger partial charge in [-0.2, -0.15) is 0 Å². The molecule has 2 aliphatic rings. The van der Waals surface area contributed by atoms with Crippen LogP contribution in [0.15, 0.2) is 60.7 Å². The van der Waals surface area contributed by atoms with Gasteiger partial charge >= 0.3 is 11.9 Å². The van der Waals surface area contributed by atoms with Crippen LogP contribution in [0.1, 0.15) is 77.6 Å². The van der Waals surface area contributed by atoms with Gasteiger partial charge in [0.25, 0.3) is 0 Å². The number of likely N-dealkylation sites (N-methyl/N-ethyl adjacent to an activating group) is 2. The van der Waals surface area contributed by atoms with Gasteiger partial charge in [-0.3, -0.25) is 9.59 Å². The number of unbranched alkanes of at least 4 members (excludes halogenated alkanes) is 2. The third-order valence-corrected chi connectivity index (χ3v) is 15.8. The van der Waals surface area contributed by atoms with Crippen molar-refractivity contribution in [3.8, 4) is 114 Å². The first-order valence-corrected chi connectivity index (χ1v) is 31.3. The number of hydrogen-bond donors (Lipinski definition) is 2. The van der Waals surface area contributed by atoms with Crippen LogP contribution in [0.25, 0.3) is 0 Å². The highest BCUT2D eigenvalue weighted by Crippen LogP contribution is 2.45. The molecule has 476 valence electrons. The molecule has 0 radical (unpaired) electrons. The number of ether oxygens (including phenoxy) is 10. The van der Waals surface area contributed by atoms with Crippen molar-refractivity contribution < 1.29 is 91.9 Å². The maximum atomic E-state index is 13.2. The summed E-state index contributed by atoms with van der Waals surface area (Å²) in [5.74, 6) is 21.4. The number of thiol groups is 2. The lowest BCUT2D eigenvalue weighted by Gasteiger charge is -2.46. The van der Waals surface area contributed by atoms with Gasteiger partial charge in [0.2, 0.25) is 0 Å². The number of carbonyl (C=O) groups is 2. The number of hydrogen-bond acceptors (Lipinski definition) is 20. The number of rotatable bonds is 24. The minimum Gasteiger partial charge on any atom is -0.738 e. The Labute approximate surface area is 535 Å². The second kappa shape index (κ2) is 36.5. The molecular formula is C65H74N2O18S4. The molecule has 0 fully saturated rings. The van der Waals surface area contributed by atoms with Crippen LogP contribution in [-0.4, -0.2) is 157 Å². The summed E-state index contributed by atoms with van der Waals surface area (Å²) in [6.45, 7) is 3.57. The third kappa shape index (κ3) is 23.5. The van der Waals surface area contributed by atoms with E-state index in [0.29, 0.717) is 107 Å². The molecule has 2 aliphatic heterocycles. The van der Waals surface area contributed by atoms with Crippen molar-refractivity contribution in [1.29, 1.82) is 0 Å². The largest absolute Gasteiger partial charge is 0.738 e. The van der Waals surface area contributed by atoms with E-state index in [4.69, 9.17) is 47.4 Å². The van der Waals surface area contributed by atoms with Crippen LogP contribution in [-0.2, 0) is 65.0 Å². The number of quaternary nitrogens is 2. The molecule has 0 saturated carbocycles. The predicted molar refractivity (Wildman–Crippen MR) is 339 cm³/mol. The first-order chi connectivity index (χ1) is 42.5. The van der Waals surface area contributed by atoms with E-state index in [1.54, 1.807) is 56.9 Å². The van der Waals surface area contributed by atoms with E-state index in [1.807, 2.05) is 47.9 Å². The Bertz CT molecular complexity index is 3510. The standard InChI is InChI=1S/C53H72N2O12.2C6H2O3S2/c1-54(22-18-38-32-48(62-7)50(64-9)34-40(38)42(54)28-36-14-16-44(58-3)46(30-36)60-5)24-20-52(56)66-26-12-11-13-27-67-53(57)21-25-55(2)23-19-39-33-49(63-8)51(65-10)35-41(39)43(55)29-37-15-17-45(59-4)47(31-37)61-6;2*7-11(8,9)6-4-2-1-3-5-10/h14-17,30-35,42-43H,11-13,18-29H2,1-10H3;2*10H,(H,7,8,9)/q+2;;/p-2/t42-,43-,54-,55-;;/m1../s1. The summed E-state index contributed by atoms with van der Waals surface area (Å²) < 4.78 is 117. The van der Waals surface area contributed by atoms with Gasteiger partial charge < -0.3 is 65.4 Å². The van der Waals surface area contributed by atoms with Crippen molar-refractivity contribution in [3.63, 3.8) is 0 Å². The van der Waals surface area contributed by atoms with E-state index in [1.165, 1.54) is 32.8 Å². The van der Waals surface area contributed by atoms with E-state index in [0.717, 1.165) is 56.3 Å². The maximum Gasteiger partial charge on any atom is 0.311 e. The molecule has 4 aromatic rings. The summed E-state index contributed by atoms with van der Waals surface area (Å²) in [5.41, 5.74) is 7.00.